The van der Waals surface area contributed by atoms with Gasteiger partial charge in [0.15, 0.2) is 16.6 Å². The number of rotatable bonds is 10. The number of ether oxygens (including phenoxy) is 3. The highest BCUT2D eigenvalue weighted by molar-refractivity contribution is 7.14. The molecule has 208 valence electrons. The molecule has 0 aliphatic carbocycles. The van der Waals surface area contributed by atoms with E-state index in [1.807, 2.05) is 71.6 Å². The zero-order valence-electron chi connectivity index (χ0n) is 23.1. The maximum atomic E-state index is 13.0. The summed E-state index contributed by atoms with van der Waals surface area (Å²) < 4.78 is 16.8. The molecule has 1 saturated heterocycles. The topological polar surface area (TPSA) is 76.2 Å². The number of benzene rings is 3. The molecule has 8 nitrogen and oxygen atoms in total. The van der Waals surface area contributed by atoms with Gasteiger partial charge >= 0.3 is 0 Å². The summed E-state index contributed by atoms with van der Waals surface area (Å²) >= 11 is 1.58. The van der Waals surface area contributed by atoms with E-state index in [0.29, 0.717) is 30.2 Å². The average molecular weight is 559 g/mol. The van der Waals surface area contributed by atoms with E-state index < -0.39 is 0 Å². The number of methoxy groups -OCH3 is 3. The first-order valence-corrected chi connectivity index (χ1v) is 14.1. The van der Waals surface area contributed by atoms with Gasteiger partial charge in [-0.05, 0) is 35.9 Å². The highest BCUT2D eigenvalue weighted by Gasteiger charge is 2.20. The molecule has 40 heavy (non-hydrogen) atoms. The second kappa shape index (κ2) is 12.8. The Morgan fingerprint density at radius 3 is 2.35 bits per heavy atom. The van der Waals surface area contributed by atoms with E-state index in [1.165, 1.54) is 0 Å². The first-order chi connectivity index (χ1) is 19.6. The number of nitrogens with zero attached hydrogens (tertiary/aromatic N) is 3. The normalized spacial score (nSPS) is 13.1. The van der Waals surface area contributed by atoms with Crippen LogP contribution in [0.2, 0.25) is 0 Å². The van der Waals surface area contributed by atoms with Crippen molar-refractivity contribution >= 4 is 22.4 Å². The molecule has 0 unspecified atom stereocenters. The van der Waals surface area contributed by atoms with Crippen LogP contribution >= 0.6 is 11.3 Å². The summed E-state index contributed by atoms with van der Waals surface area (Å²) in [5.74, 6) is 2.25. The van der Waals surface area contributed by atoms with Gasteiger partial charge in [-0.1, -0.05) is 36.4 Å². The van der Waals surface area contributed by atoms with Crippen LogP contribution in [0.1, 0.15) is 21.5 Å². The standard InChI is InChI=1S/C31H34N4O4S/c1-37-27-9-5-4-8-25(27)26-21-40-31(33-26)35(20-24-7-6-10-28(38-2)29(24)39-3)19-22-11-13-23(14-12-22)30(36)34-17-15-32-16-18-34/h4-14,21,32H,15-20H2,1-3H3. The van der Waals surface area contributed by atoms with Gasteiger partial charge in [0.05, 0.1) is 27.0 Å². The minimum atomic E-state index is 0.0763. The summed E-state index contributed by atoms with van der Waals surface area (Å²) in [5, 5.41) is 6.21. The monoisotopic (exact) mass is 558 g/mol. The molecule has 1 amide bonds. The molecular formula is C31H34N4O4S. The number of para-hydroxylation sites is 2. The molecule has 1 aliphatic heterocycles. The summed E-state index contributed by atoms with van der Waals surface area (Å²) in [6, 6.07) is 21.7. The third-order valence-corrected chi connectivity index (χ3v) is 7.87. The van der Waals surface area contributed by atoms with Crippen LogP contribution < -0.4 is 24.4 Å². The van der Waals surface area contributed by atoms with Crippen molar-refractivity contribution in [3.05, 3.63) is 88.8 Å². The number of hydrogen-bond donors (Lipinski definition) is 1. The van der Waals surface area contributed by atoms with Crippen molar-refractivity contribution in [2.45, 2.75) is 13.1 Å². The number of hydrogen-bond acceptors (Lipinski definition) is 8. The number of piperazine rings is 1. The molecule has 1 N–H and O–H groups in total. The Morgan fingerprint density at radius 1 is 0.900 bits per heavy atom. The number of aromatic nitrogens is 1. The molecule has 3 aromatic carbocycles. The van der Waals surface area contributed by atoms with Crippen LogP contribution in [-0.2, 0) is 13.1 Å². The van der Waals surface area contributed by atoms with Gasteiger partial charge in [-0.3, -0.25) is 4.79 Å². The zero-order chi connectivity index (χ0) is 27.9. The molecular weight excluding hydrogens is 524 g/mol. The van der Waals surface area contributed by atoms with E-state index in [4.69, 9.17) is 19.2 Å². The second-order valence-corrected chi connectivity index (χ2v) is 10.3. The predicted molar refractivity (Wildman–Crippen MR) is 159 cm³/mol. The van der Waals surface area contributed by atoms with Gasteiger partial charge in [-0.2, -0.15) is 0 Å². The number of carbonyl (C=O) groups excluding carboxylic acids is 1. The molecule has 2 heterocycles. The Kier molecular flexibility index (Phi) is 8.83. The molecule has 0 spiro atoms. The van der Waals surface area contributed by atoms with E-state index >= 15 is 0 Å². The number of thiazole rings is 1. The second-order valence-electron chi connectivity index (χ2n) is 9.46. The van der Waals surface area contributed by atoms with Crippen LogP contribution in [0.15, 0.2) is 72.1 Å². The zero-order valence-corrected chi connectivity index (χ0v) is 23.9. The largest absolute Gasteiger partial charge is 0.496 e. The smallest absolute Gasteiger partial charge is 0.253 e. The fraction of sp³-hybridized carbons (Fsp3) is 0.290. The highest BCUT2D eigenvalue weighted by atomic mass is 32.1. The fourth-order valence-corrected chi connectivity index (χ4v) is 5.71. The fourth-order valence-electron chi connectivity index (χ4n) is 4.89. The van der Waals surface area contributed by atoms with Crippen molar-refractivity contribution in [1.29, 1.82) is 0 Å². The lowest BCUT2D eigenvalue weighted by molar-refractivity contribution is 0.0736. The minimum absolute atomic E-state index is 0.0763. The molecule has 1 fully saturated rings. The van der Waals surface area contributed by atoms with Gasteiger partial charge in [-0.15, -0.1) is 11.3 Å². The maximum Gasteiger partial charge on any atom is 0.253 e. The van der Waals surface area contributed by atoms with Crippen molar-refractivity contribution in [2.24, 2.45) is 0 Å². The minimum Gasteiger partial charge on any atom is -0.496 e. The van der Waals surface area contributed by atoms with Crippen LogP contribution in [0.3, 0.4) is 0 Å². The number of anilines is 1. The predicted octanol–water partition coefficient (Wildman–Crippen LogP) is 5.09. The van der Waals surface area contributed by atoms with Gasteiger partial charge in [-0.25, -0.2) is 4.98 Å². The molecule has 5 rings (SSSR count). The van der Waals surface area contributed by atoms with Gasteiger partial charge in [0, 0.05) is 61.3 Å². The summed E-state index contributed by atoms with van der Waals surface area (Å²) in [5.41, 5.74) is 4.58. The first-order valence-electron chi connectivity index (χ1n) is 13.2. The van der Waals surface area contributed by atoms with Crippen LogP contribution in [0.4, 0.5) is 5.13 Å². The van der Waals surface area contributed by atoms with E-state index in [9.17, 15) is 4.79 Å². The maximum absolute atomic E-state index is 13.0. The molecule has 0 bridgehead atoms. The van der Waals surface area contributed by atoms with E-state index in [1.54, 1.807) is 32.7 Å². The third kappa shape index (κ3) is 6.05. The van der Waals surface area contributed by atoms with E-state index in [2.05, 4.69) is 15.6 Å². The van der Waals surface area contributed by atoms with Crippen LogP contribution in [0.5, 0.6) is 17.2 Å². The van der Waals surface area contributed by atoms with Crippen molar-refractivity contribution < 1.29 is 19.0 Å². The first kappa shape index (κ1) is 27.5. The molecule has 4 aromatic rings. The number of carbonyl (C=O) groups is 1. The Bertz CT molecular complexity index is 1430. The Morgan fingerprint density at radius 2 is 1.62 bits per heavy atom. The summed E-state index contributed by atoms with van der Waals surface area (Å²) in [6.07, 6.45) is 0. The lowest BCUT2D eigenvalue weighted by atomic mass is 10.1. The molecule has 1 aliphatic rings. The molecule has 0 atom stereocenters. The SMILES string of the molecule is COc1ccccc1-c1csc(N(Cc2ccc(C(=O)N3CCNCC3)cc2)Cc2cccc(OC)c2OC)n1. The summed E-state index contributed by atoms with van der Waals surface area (Å²) in [7, 11) is 4.97. The Balaban J connectivity index is 1.44. The van der Waals surface area contributed by atoms with E-state index in [0.717, 1.165) is 59.4 Å². The molecule has 0 saturated carbocycles. The molecule has 0 radical (unpaired) electrons. The molecule has 9 heteroatoms. The van der Waals surface area contributed by atoms with Crippen LogP contribution in [0, 0.1) is 0 Å². The van der Waals surface area contributed by atoms with Crippen LogP contribution in [-0.4, -0.2) is 63.3 Å². The Labute approximate surface area is 239 Å². The van der Waals surface area contributed by atoms with Crippen molar-refractivity contribution in [1.82, 2.24) is 15.2 Å². The van der Waals surface area contributed by atoms with Gasteiger partial charge in [0.2, 0.25) is 0 Å². The van der Waals surface area contributed by atoms with Crippen molar-refractivity contribution in [3.63, 3.8) is 0 Å². The quantitative estimate of drug-likeness (QED) is 0.291. The van der Waals surface area contributed by atoms with Gasteiger partial charge in [0.1, 0.15) is 5.75 Å². The Hall–Kier alpha value is -4.08. The van der Waals surface area contributed by atoms with Gasteiger partial charge in [0.25, 0.3) is 5.91 Å². The lowest BCUT2D eigenvalue weighted by Gasteiger charge is -2.27. The van der Waals surface area contributed by atoms with Crippen molar-refractivity contribution in [3.8, 4) is 28.5 Å². The molecule has 1 aromatic heterocycles. The van der Waals surface area contributed by atoms with Gasteiger partial charge < -0.3 is 29.3 Å². The van der Waals surface area contributed by atoms with E-state index in [-0.39, 0.29) is 5.91 Å². The van der Waals surface area contributed by atoms with Crippen molar-refractivity contribution in [2.75, 3.05) is 52.4 Å². The number of nitrogens with one attached hydrogen (secondary N) is 1. The summed E-state index contributed by atoms with van der Waals surface area (Å²) in [4.78, 5) is 22.1. The average Bonchev–Trinajstić information content (AvgIpc) is 3.51. The van der Waals surface area contributed by atoms with Crippen LogP contribution in [0.25, 0.3) is 11.3 Å². The summed E-state index contributed by atoms with van der Waals surface area (Å²) in [6.45, 7) is 4.28. The number of amides is 1. The lowest BCUT2D eigenvalue weighted by Crippen LogP contribution is -2.46. The third-order valence-electron chi connectivity index (χ3n) is 6.97. The highest BCUT2D eigenvalue weighted by Crippen LogP contribution is 2.36.